The lowest BCUT2D eigenvalue weighted by Crippen LogP contribution is -2.64. The van der Waals surface area contributed by atoms with E-state index in [0.29, 0.717) is 24.9 Å². The van der Waals surface area contributed by atoms with Crippen LogP contribution >= 0.6 is 11.3 Å². The number of amides is 1. The maximum atomic E-state index is 13.0. The van der Waals surface area contributed by atoms with Crippen LogP contribution in [0.5, 0.6) is 0 Å². The van der Waals surface area contributed by atoms with Crippen molar-refractivity contribution < 1.29 is 4.79 Å². The van der Waals surface area contributed by atoms with Gasteiger partial charge in [-0.1, -0.05) is 26.2 Å². The highest BCUT2D eigenvalue weighted by atomic mass is 32.1. The molecule has 4 rings (SSSR count). The van der Waals surface area contributed by atoms with E-state index in [4.69, 9.17) is 5.26 Å². The minimum Gasteiger partial charge on any atom is -0.307 e. The van der Waals surface area contributed by atoms with Gasteiger partial charge in [-0.25, -0.2) is 4.98 Å². The Bertz CT molecular complexity index is 683. The van der Waals surface area contributed by atoms with Crippen LogP contribution in [0.4, 0.5) is 5.13 Å². The molecular formula is C18H25N5OS. The number of nitrogens with zero attached hydrogens (tertiary/aromatic N) is 5. The van der Waals surface area contributed by atoms with Crippen molar-refractivity contribution in [2.45, 2.75) is 44.6 Å². The summed E-state index contributed by atoms with van der Waals surface area (Å²) in [6.07, 6.45) is 9.35. The molecule has 2 aliphatic heterocycles. The Morgan fingerprint density at radius 2 is 2.04 bits per heavy atom. The zero-order chi connectivity index (χ0) is 17.4. The van der Waals surface area contributed by atoms with Crippen molar-refractivity contribution in [2.75, 3.05) is 37.6 Å². The predicted molar refractivity (Wildman–Crippen MR) is 97.4 cm³/mol. The van der Waals surface area contributed by atoms with Crippen LogP contribution in [0.25, 0.3) is 0 Å². The molecule has 1 saturated carbocycles. The second-order valence-electron chi connectivity index (χ2n) is 7.50. The second kappa shape index (κ2) is 6.93. The van der Waals surface area contributed by atoms with Crippen LogP contribution in [0.1, 0.15) is 43.4 Å². The molecule has 0 bridgehead atoms. The summed E-state index contributed by atoms with van der Waals surface area (Å²) in [6.45, 7) is 5.93. The summed E-state index contributed by atoms with van der Waals surface area (Å²) < 4.78 is 0. The molecule has 0 unspecified atom stereocenters. The maximum Gasteiger partial charge on any atom is 0.248 e. The molecule has 1 aromatic rings. The average molecular weight is 359 g/mol. The first kappa shape index (κ1) is 16.8. The van der Waals surface area contributed by atoms with E-state index in [1.54, 1.807) is 16.2 Å². The molecular weight excluding hydrogens is 334 g/mol. The molecule has 1 aliphatic carbocycles. The van der Waals surface area contributed by atoms with Crippen molar-refractivity contribution in [1.82, 2.24) is 14.8 Å². The molecule has 1 amide bonds. The fraction of sp³-hybridized carbons (Fsp3) is 0.722. The summed E-state index contributed by atoms with van der Waals surface area (Å²) in [5.74, 6) is 1.40. The lowest BCUT2D eigenvalue weighted by Gasteiger charge is -2.44. The van der Waals surface area contributed by atoms with Gasteiger partial charge in [0, 0.05) is 37.3 Å². The van der Waals surface area contributed by atoms with Crippen molar-refractivity contribution >= 4 is 22.4 Å². The van der Waals surface area contributed by atoms with Crippen LogP contribution in [-0.2, 0) is 4.79 Å². The van der Waals surface area contributed by atoms with Gasteiger partial charge in [-0.05, 0) is 18.3 Å². The number of aromatic nitrogens is 1. The van der Waals surface area contributed by atoms with Crippen LogP contribution in [0.15, 0.2) is 6.20 Å². The monoisotopic (exact) mass is 359 g/mol. The third kappa shape index (κ3) is 3.13. The average Bonchev–Trinajstić information content (AvgIpc) is 3.12. The van der Waals surface area contributed by atoms with Crippen LogP contribution in [0.3, 0.4) is 0 Å². The number of hydrogen-bond donors (Lipinski definition) is 0. The first-order valence-electron chi connectivity index (χ1n) is 9.33. The van der Waals surface area contributed by atoms with E-state index in [2.05, 4.69) is 23.0 Å². The van der Waals surface area contributed by atoms with Crippen LogP contribution < -0.4 is 4.90 Å². The molecule has 3 aliphatic rings. The fourth-order valence-electron chi connectivity index (χ4n) is 4.43. The SMILES string of the molecule is C[C@H]1CCCC[C@H]1c1cnc(N2CCN3CCN(C#N)C[C@@H]3C2=O)s1. The predicted octanol–water partition coefficient (Wildman–Crippen LogP) is 2.25. The number of carbonyl (C=O) groups is 1. The summed E-state index contributed by atoms with van der Waals surface area (Å²) in [6, 6.07) is -0.205. The third-order valence-corrected chi connectivity index (χ3v) is 7.17. The Hall–Kier alpha value is -1.65. The molecule has 0 aromatic carbocycles. The lowest BCUT2D eigenvalue weighted by molar-refractivity contribution is -0.127. The topological polar surface area (TPSA) is 63.5 Å². The van der Waals surface area contributed by atoms with Gasteiger partial charge in [-0.15, -0.1) is 11.3 Å². The fourth-order valence-corrected chi connectivity index (χ4v) is 5.65. The number of thiazole rings is 1. The van der Waals surface area contributed by atoms with Gasteiger partial charge in [0.15, 0.2) is 11.3 Å². The summed E-state index contributed by atoms with van der Waals surface area (Å²) in [7, 11) is 0. The van der Waals surface area contributed by atoms with E-state index in [0.717, 1.165) is 24.8 Å². The number of piperazine rings is 2. The van der Waals surface area contributed by atoms with Gasteiger partial charge < -0.3 is 4.90 Å². The summed E-state index contributed by atoms with van der Waals surface area (Å²) in [5.41, 5.74) is 0. The third-order valence-electron chi connectivity index (χ3n) is 6.01. The summed E-state index contributed by atoms with van der Waals surface area (Å²) in [4.78, 5) is 24.7. The number of rotatable bonds is 2. The van der Waals surface area contributed by atoms with Gasteiger partial charge >= 0.3 is 0 Å². The minimum absolute atomic E-state index is 0.101. The highest BCUT2D eigenvalue weighted by Crippen LogP contribution is 2.41. The van der Waals surface area contributed by atoms with E-state index >= 15 is 0 Å². The smallest absolute Gasteiger partial charge is 0.248 e. The number of hydrogen-bond acceptors (Lipinski definition) is 6. The Kier molecular flexibility index (Phi) is 4.65. The Labute approximate surface area is 153 Å². The van der Waals surface area contributed by atoms with Crippen molar-refractivity contribution in [3.8, 4) is 6.19 Å². The molecule has 25 heavy (non-hydrogen) atoms. The molecule has 2 saturated heterocycles. The van der Waals surface area contributed by atoms with E-state index in [1.807, 2.05) is 11.1 Å². The zero-order valence-electron chi connectivity index (χ0n) is 14.7. The highest BCUT2D eigenvalue weighted by Gasteiger charge is 2.40. The lowest BCUT2D eigenvalue weighted by atomic mass is 9.80. The van der Waals surface area contributed by atoms with E-state index in [-0.39, 0.29) is 11.9 Å². The standard InChI is InChI=1S/C18H25N5OS/c1-13-4-2-3-5-14(13)16-10-20-18(25-16)23-9-8-22-7-6-21(12-19)11-15(22)17(23)24/h10,13-15H,2-9,11H2,1H3/t13-,14+,15+/m0/s1. The Balaban J connectivity index is 1.50. The highest BCUT2D eigenvalue weighted by molar-refractivity contribution is 7.15. The maximum absolute atomic E-state index is 13.0. The first-order valence-corrected chi connectivity index (χ1v) is 10.1. The van der Waals surface area contributed by atoms with Gasteiger partial charge in [0.25, 0.3) is 0 Å². The van der Waals surface area contributed by atoms with E-state index in [1.165, 1.54) is 30.6 Å². The van der Waals surface area contributed by atoms with E-state index in [9.17, 15) is 4.79 Å². The molecule has 1 aromatic heterocycles. The zero-order valence-corrected chi connectivity index (χ0v) is 15.5. The largest absolute Gasteiger partial charge is 0.307 e. The van der Waals surface area contributed by atoms with Crippen LogP contribution in [0.2, 0.25) is 0 Å². The van der Waals surface area contributed by atoms with Crippen LogP contribution in [-0.4, -0.2) is 59.5 Å². The molecule has 3 atom stereocenters. The van der Waals surface area contributed by atoms with Crippen molar-refractivity contribution in [2.24, 2.45) is 5.92 Å². The Morgan fingerprint density at radius 1 is 1.24 bits per heavy atom. The molecule has 7 heteroatoms. The molecule has 134 valence electrons. The molecule has 0 spiro atoms. The van der Waals surface area contributed by atoms with Gasteiger partial charge in [-0.2, -0.15) is 5.26 Å². The molecule has 0 N–H and O–H groups in total. The summed E-state index contributed by atoms with van der Waals surface area (Å²) in [5, 5.41) is 9.98. The van der Waals surface area contributed by atoms with Gasteiger partial charge in [-0.3, -0.25) is 14.6 Å². The van der Waals surface area contributed by atoms with Gasteiger partial charge in [0.1, 0.15) is 6.04 Å². The number of carbonyl (C=O) groups excluding carboxylic acids is 1. The molecule has 6 nitrogen and oxygen atoms in total. The molecule has 3 fully saturated rings. The quantitative estimate of drug-likeness (QED) is 0.758. The molecule has 0 radical (unpaired) electrons. The minimum atomic E-state index is -0.205. The normalized spacial score (nSPS) is 30.9. The number of fused-ring (bicyclic) bond motifs is 1. The van der Waals surface area contributed by atoms with Crippen LogP contribution in [0, 0.1) is 17.4 Å². The number of anilines is 1. The van der Waals surface area contributed by atoms with Gasteiger partial charge in [0.2, 0.25) is 5.91 Å². The molecule has 3 heterocycles. The van der Waals surface area contributed by atoms with Crippen molar-refractivity contribution in [3.63, 3.8) is 0 Å². The van der Waals surface area contributed by atoms with Crippen molar-refractivity contribution in [1.29, 1.82) is 5.26 Å². The summed E-state index contributed by atoms with van der Waals surface area (Å²) >= 11 is 1.70. The first-order chi connectivity index (χ1) is 12.2. The van der Waals surface area contributed by atoms with E-state index < -0.39 is 0 Å². The van der Waals surface area contributed by atoms with Gasteiger partial charge in [0.05, 0.1) is 6.54 Å². The number of nitriles is 1. The van der Waals surface area contributed by atoms with Crippen molar-refractivity contribution in [3.05, 3.63) is 11.1 Å². The second-order valence-corrected chi connectivity index (χ2v) is 8.54. The Morgan fingerprint density at radius 3 is 2.84 bits per heavy atom.